The van der Waals surface area contributed by atoms with Crippen LogP contribution in [0.4, 0.5) is 4.39 Å². The van der Waals surface area contributed by atoms with Gasteiger partial charge in [0.25, 0.3) is 0 Å². The molecule has 0 saturated carbocycles. The third-order valence-electron chi connectivity index (χ3n) is 3.63. The van der Waals surface area contributed by atoms with Gasteiger partial charge in [0.05, 0.1) is 5.41 Å². The van der Waals surface area contributed by atoms with E-state index < -0.39 is 32.1 Å². The fourth-order valence-corrected chi connectivity index (χ4v) is 4.03. The fraction of sp³-hybridized carbons (Fsp3) is 0.462. The minimum Gasteiger partial charge on any atom is -0.481 e. The lowest BCUT2D eigenvalue weighted by atomic mass is 9.83. The maximum atomic E-state index is 13.7. The Labute approximate surface area is 117 Å². The topological polar surface area (TPSA) is 74.7 Å². The van der Waals surface area contributed by atoms with E-state index in [2.05, 4.69) is 0 Å². The van der Waals surface area contributed by atoms with Crippen molar-refractivity contribution >= 4 is 16.0 Å². The second kappa shape index (κ2) is 5.14. The molecule has 5 nitrogen and oxygen atoms in total. The molecule has 1 aliphatic rings. The molecule has 1 aromatic rings. The van der Waals surface area contributed by atoms with E-state index in [-0.39, 0.29) is 13.1 Å². The predicted octanol–water partition coefficient (Wildman–Crippen LogP) is 1.70. The van der Waals surface area contributed by atoms with Crippen molar-refractivity contribution < 1.29 is 22.7 Å². The molecular formula is C13H16FNO4S. The zero-order chi connectivity index (χ0) is 15.0. The molecule has 1 fully saturated rings. The summed E-state index contributed by atoms with van der Waals surface area (Å²) < 4.78 is 39.6. The first-order valence-electron chi connectivity index (χ1n) is 6.25. The summed E-state index contributed by atoms with van der Waals surface area (Å²) in [6.07, 6.45) is 0.849. The molecule has 1 saturated heterocycles. The van der Waals surface area contributed by atoms with Crippen LogP contribution in [0.5, 0.6) is 0 Å². The number of carboxylic acids is 1. The number of hydrogen-bond donors (Lipinski definition) is 1. The van der Waals surface area contributed by atoms with E-state index in [1.807, 2.05) is 0 Å². The number of halogens is 1. The van der Waals surface area contributed by atoms with Crippen molar-refractivity contribution in [2.45, 2.75) is 24.7 Å². The van der Waals surface area contributed by atoms with E-state index in [9.17, 15) is 22.7 Å². The molecule has 0 aromatic heterocycles. The number of carboxylic acid groups (broad SMARTS) is 1. The van der Waals surface area contributed by atoms with Crippen molar-refractivity contribution in [2.24, 2.45) is 5.41 Å². The van der Waals surface area contributed by atoms with Gasteiger partial charge in [-0.25, -0.2) is 12.8 Å². The highest BCUT2D eigenvalue weighted by molar-refractivity contribution is 7.89. The lowest BCUT2D eigenvalue weighted by molar-refractivity contribution is -0.150. The lowest BCUT2D eigenvalue weighted by Crippen LogP contribution is -2.48. The SMILES string of the molecule is CC1(C(=O)O)CCCN(S(=O)(=O)c2ccccc2F)C1. The molecule has 1 atom stereocenters. The fourth-order valence-electron chi connectivity index (χ4n) is 2.37. The number of sulfonamides is 1. The number of carbonyl (C=O) groups is 1. The number of rotatable bonds is 3. The van der Waals surface area contributed by atoms with E-state index >= 15 is 0 Å². The molecule has 0 radical (unpaired) electrons. The van der Waals surface area contributed by atoms with Crippen molar-refractivity contribution in [1.82, 2.24) is 4.31 Å². The van der Waals surface area contributed by atoms with E-state index in [0.717, 1.165) is 10.4 Å². The Morgan fingerprint density at radius 3 is 2.65 bits per heavy atom. The zero-order valence-electron chi connectivity index (χ0n) is 11.0. The molecule has 1 heterocycles. The molecule has 0 bridgehead atoms. The molecule has 1 aromatic carbocycles. The lowest BCUT2D eigenvalue weighted by Gasteiger charge is -2.36. The third kappa shape index (κ3) is 2.55. The molecule has 0 aliphatic carbocycles. The van der Waals surface area contributed by atoms with E-state index in [1.165, 1.54) is 25.1 Å². The molecule has 7 heteroatoms. The predicted molar refractivity (Wildman–Crippen MR) is 70.1 cm³/mol. The second-order valence-corrected chi connectivity index (χ2v) is 7.14. The number of hydrogen-bond acceptors (Lipinski definition) is 3. The van der Waals surface area contributed by atoms with Crippen LogP contribution in [0.15, 0.2) is 29.2 Å². The number of nitrogens with zero attached hydrogens (tertiary/aromatic N) is 1. The van der Waals surface area contributed by atoms with Crippen molar-refractivity contribution in [3.63, 3.8) is 0 Å². The van der Waals surface area contributed by atoms with Gasteiger partial charge in [-0.15, -0.1) is 0 Å². The summed E-state index contributed by atoms with van der Waals surface area (Å²) in [6.45, 7) is 1.58. The minimum absolute atomic E-state index is 0.140. The highest BCUT2D eigenvalue weighted by Crippen LogP contribution is 2.33. The Hall–Kier alpha value is -1.47. The summed E-state index contributed by atoms with van der Waals surface area (Å²) in [7, 11) is -4.00. The van der Waals surface area contributed by atoms with Crippen LogP contribution < -0.4 is 0 Å². The van der Waals surface area contributed by atoms with Gasteiger partial charge < -0.3 is 5.11 Å². The Bertz CT molecular complexity index is 631. The van der Waals surface area contributed by atoms with Crippen LogP contribution >= 0.6 is 0 Å². The van der Waals surface area contributed by atoms with Gasteiger partial charge >= 0.3 is 5.97 Å². The van der Waals surface area contributed by atoms with E-state index in [1.54, 1.807) is 0 Å². The number of piperidine rings is 1. The van der Waals surface area contributed by atoms with E-state index in [0.29, 0.717) is 12.8 Å². The molecule has 20 heavy (non-hydrogen) atoms. The van der Waals surface area contributed by atoms with Crippen LogP contribution in [-0.2, 0) is 14.8 Å². The van der Waals surface area contributed by atoms with Crippen LogP contribution in [0.1, 0.15) is 19.8 Å². The second-order valence-electron chi connectivity index (χ2n) is 5.24. The van der Waals surface area contributed by atoms with Crippen LogP contribution in [0.2, 0.25) is 0 Å². The van der Waals surface area contributed by atoms with Gasteiger partial charge in [-0.2, -0.15) is 4.31 Å². The van der Waals surface area contributed by atoms with Crippen LogP contribution in [0.25, 0.3) is 0 Å². The summed E-state index contributed by atoms with van der Waals surface area (Å²) in [4.78, 5) is 10.8. The Morgan fingerprint density at radius 1 is 1.40 bits per heavy atom. The normalized spacial score (nSPS) is 24.5. The summed E-state index contributed by atoms with van der Waals surface area (Å²) in [5, 5.41) is 9.21. The van der Waals surface area contributed by atoms with Crippen LogP contribution in [0, 0.1) is 11.2 Å². The van der Waals surface area contributed by atoms with E-state index in [4.69, 9.17) is 0 Å². The standard InChI is InChI=1S/C13H16FNO4S/c1-13(12(16)17)7-4-8-15(9-13)20(18,19)11-6-3-2-5-10(11)14/h2-3,5-6H,4,7-9H2,1H3,(H,16,17). The third-order valence-corrected chi connectivity index (χ3v) is 5.51. The highest BCUT2D eigenvalue weighted by Gasteiger charge is 2.42. The van der Waals surface area contributed by atoms with Gasteiger partial charge in [0.1, 0.15) is 10.7 Å². The van der Waals surface area contributed by atoms with Crippen LogP contribution in [0.3, 0.4) is 0 Å². The molecule has 2 rings (SSSR count). The first-order valence-corrected chi connectivity index (χ1v) is 7.69. The minimum atomic E-state index is -4.00. The van der Waals surface area contributed by atoms with Gasteiger partial charge in [0.2, 0.25) is 10.0 Å². The molecule has 110 valence electrons. The van der Waals surface area contributed by atoms with Gasteiger partial charge in [-0.05, 0) is 31.9 Å². The first-order chi connectivity index (χ1) is 9.27. The quantitative estimate of drug-likeness (QED) is 0.922. The largest absolute Gasteiger partial charge is 0.481 e. The smallest absolute Gasteiger partial charge is 0.310 e. The maximum absolute atomic E-state index is 13.7. The van der Waals surface area contributed by atoms with Gasteiger partial charge in [-0.3, -0.25) is 4.79 Å². The van der Waals surface area contributed by atoms with Gasteiger partial charge in [-0.1, -0.05) is 12.1 Å². The summed E-state index contributed by atoms with van der Waals surface area (Å²) in [5.74, 6) is -1.86. The number of benzene rings is 1. The zero-order valence-corrected chi connectivity index (χ0v) is 11.9. The summed E-state index contributed by atoms with van der Waals surface area (Å²) in [6, 6.07) is 5.12. The molecular weight excluding hydrogens is 285 g/mol. The maximum Gasteiger partial charge on any atom is 0.310 e. The number of aliphatic carboxylic acids is 1. The van der Waals surface area contributed by atoms with Gasteiger partial charge in [0.15, 0.2) is 0 Å². The Morgan fingerprint density at radius 2 is 2.05 bits per heavy atom. The summed E-state index contributed by atoms with van der Waals surface area (Å²) in [5.41, 5.74) is -1.13. The van der Waals surface area contributed by atoms with Crippen molar-refractivity contribution in [3.05, 3.63) is 30.1 Å². The molecule has 1 unspecified atom stereocenters. The monoisotopic (exact) mass is 301 g/mol. The average molecular weight is 301 g/mol. The molecule has 1 aliphatic heterocycles. The van der Waals surface area contributed by atoms with Crippen molar-refractivity contribution in [2.75, 3.05) is 13.1 Å². The van der Waals surface area contributed by atoms with Crippen molar-refractivity contribution in [1.29, 1.82) is 0 Å². The Kier molecular flexibility index (Phi) is 3.84. The molecule has 0 spiro atoms. The summed E-state index contributed by atoms with van der Waals surface area (Å²) >= 11 is 0. The molecule has 1 N–H and O–H groups in total. The van der Waals surface area contributed by atoms with Gasteiger partial charge in [0, 0.05) is 13.1 Å². The first kappa shape index (κ1) is 14.9. The van der Waals surface area contributed by atoms with Crippen molar-refractivity contribution in [3.8, 4) is 0 Å². The Balaban J connectivity index is 2.36. The van der Waals surface area contributed by atoms with Crippen LogP contribution in [-0.4, -0.2) is 36.9 Å². The molecule has 0 amide bonds. The highest BCUT2D eigenvalue weighted by atomic mass is 32.2. The average Bonchev–Trinajstić information content (AvgIpc) is 2.39.